The molecule has 2 N–H and O–H groups in total. The molecule has 1 aromatic heterocycles. The third kappa shape index (κ3) is 4.10. The number of aromatic amines is 1. The van der Waals surface area contributed by atoms with Crippen molar-refractivity contribution >= 4 is 23.4 Å². The number of para-hydroxylation sites is 1. The zero-order valence-corrected chi connectivity index (χ0v) is 12.3. The number of nitrogens with zero attached hydrogens (tertiary/aromatic N) is 2. The first-order valence-corrected chi connectivity index (χ1v) is 7.80. The van der Waals surface area contributed by atoms with Crippen LogP contribution in [0.3, 0.4) is 0 Å². The van der Waals surface area contributed by atoms with Crippen molar-refractivity contribution in [3.05, 3.63) is 66.2 Å². The van der Waals surface area contributed by atoms with Gasteiger partial charge in [-0.05, 0) is 24.1 Å². The van der Waals surface area contributed by atoms with E-state index < -0.39 is 0 Å². The molecule has 0 aliphatic heterocycles. The molecule has 0 saturated heterocycles. The molecule has 0 aliphatic rings. The highest BCUT2D eigenvalue weighted by Crippen LogP contribution is 2.18. The van der Waals surface area contributed by atoms with Crippen LogP contribution in [0.15, 0.2) is 65.8 Å². The Morgan fingerprint density at radius 2 is 1.67 bits per heavy atom. The number of hydrogen-bond donors (Lipinski definition) is 2. The highest BCUT2D eigenvalue weighted by atomic mass is 32.2. The van der Waals surface area contributed by atoms with E-state index in [1.807, 2.05) is 36.4 Å². The van der Waals surface area contributed by atoms with Gasteiger partial charge in [0.25, 0.3) is 0 Å². The monoisotopic (exact) mass is 296 g/mol. The molecule has 0 aliphatic carbocycles. The predicted octanol–water partition coefficient (Wildman–Crippen LogP) is 3.88. The molecule has 0 radical (unpaired) electrons. The summed E-state index contributed by atoms with van der Waals surface area (Å²) < 4.78 is 0. The third-order valence-corrected chi connectivity index (χ3v) is 3.82. The van der Waals surface area contributed by atoms with Gasteiger partial charge in [-0.1, -0.05) is 60.3 Å². The van der Waals surface area contributed by atoms with Gasteiger partial charge in [0.1, 0.15) is 0 Å². The van der Waals surface area contributed by atoms with Crippen LogP contribution in [-0.4, -0.2) is 20.9 Å². The van der Waals surface area contributed by atoms with Gasteiger partial charge in [0.05, 0.1) is 0 Å². The van der Waals surface area contributed by atoms with Crippen molar-refractivity contribution in [3.8, 4) is 0 Å². The van der Waals surface area contributed by atoms with E-state index in [-0.39, 0.29) is 0 Å². The maximum Gasteiger partial charge on any atom is 0.223 e. The molecule has 0 unspecified atom stereocenters. The van der Waals surface area contributed by atoms with Crippen molar-refractivity contribution in [2.45, 2.75) is 11.6 Å². The van der Waals surface area contributed by atoms with E-state index in [1.165, 1.54) is 5.56 Å². The fourth-order valence-electron chi connectivity index (χ4n) is 1.93. The maximum atomic E-state index is 4.42. The Bertz CT molecular complexity index is 667. The van der Waals surface area contributed by atoms with Crippen LogP contribution in [0.1, 0.15) is 5.56 Å². The molecule has 4 nitrogen and oxygen atoms in total. The highest BCUT2D eigenvalue weighted by Gasteiger charge is 2.04. The zero-order chi connectivity index (χ0) is 14.3. The number of nitrogens with one attached hydrogen (secondary N) is 2. The number of aryl methyl sites for hydroxylation is 1. The number of rotatable bonds is 6. The van der Waals surface area contributed by atoms with Crippen LogP contribution in [0.25, 0.3) is 0 Å². The van der Waals surface area contributed by atoms with Gasteiger partial charge in [0, 0.05) is 11.4 Å². The summed E-state index contributed by atoms with van der Waals surface area (Å²) in [6.07, 6.45) is 1.02. The molecular formula is C16H16N4S. The SMILES string of the molecule is c1ccc(CCSc2n[nH]c(Nc3ccccc3)n2)cc1. The normalized spacial score (nSPS) is 10.5. The van der Waals surface area contributed by atoms with Gasteiger partial charge < -0.3 is 5.32 Å². The lowest BCUT2D eigenvalue weighted by atomic mass is 10.2. The second kappa shape index (κ2) is 6.95. The van der Waals surface area contributed by atoms with E-state index in [1.54, 1.807) is 11.8 Å². The summed E-state index contributed by atoms with van der Waals surface area (Å²) in [7, 11) is 0. The van der Waals surface area contributed by atoms with Crippen LogP contribution in [0, 0.1) is 0 Å². The quantitative estimate of drug-likeness (QED) is 0.678. The number of hydrogen-bond acceptors (Lipinski definition) is 4. The molecule has 21 heavy (non-hydrogen) atoms. The van der Waals surface area contributed by atoms with E-state index in [2.05, 4.69) is 44.8 Å². The molecule has 1 heterocycles. The molecule has 2 aromatic carbocycles. The summed E-state index contributed by atoms with van der Waals surface area (Å²) in [5.74, 6) is 1.63. The first-order valence-electron chi connectivity index (χ1n) is 6.81. The smallest absolute Gasteiger partial charge is 0.223 e. The van der Waals surface area contributed by atoms with Crippen molar-refractivity contribution < 1.29 is 0 Å². The summed E-state index contributed by atoms with van der Waals surface area (Å²) in [6.45, 7) is 0. The maximum absolute atomic E-state index is 4.42. The molecular weight excluding hydrogens is 280 g/mol. The van der Waals surface area contributed by atoms with Gasteiger partial charge in [-0.15, -0.1) is 5.10 Å². The molecule has 0 amide bonds. The fraction of sp³-hybridized carbons (Fsp3) is 0.125. The van der Waals surface area contributed by atoms with Crippen molar-refractivity contribution in [2.24, 2.45) is 0 Å². The number of H-pyrrole nitrogens is 1. The summed E-state index contributed by atoms with van der Waals surface area (Å²) in [4.78, 5) is 4.42. The minimum Gasteiger partial charge on any atom is -0.325 e. The molecule has 0 bridgehead atoms. The van der Waals surface area contributed by atoms with E-state index in [0.29, 0.717) is 5.95 Å². The molecule has 0 atom stereocenters. The highest BCUT2D eigenvalue weighted by molar-refractivity contribution is 7.99. The van der Waals surface area contributed by atoms with Gasteiger partial charge >= 0.3 is 0 Å². The Morgan fingerprint density at radius 3 is 2.43 bits per heavy atom. The lowest BCUT2D eigenvalue weighted by Crippen LogP contribution is -1.91. The van der Waals surface area contributed by atoms with Crippen molar-refractivity contribution in [1.82, 2.24) is 15.2 Å². The van der Waals surface area contributed by atoms with E-state index in [0.717, 1.165) is 23.0 Å². The van der Waals surface area contributed by atoms with Crippen LogP contribution < -0.4 is 5.32 Å². The molecule has 0 fully saturated rings. The van der Waals surface area contributed by atoms with Crippen molar-refractivity contribution in [3.63, 3.8) is 0 Å². The van der Waals surface area contributed by atoms with Crippen molar-refractivity contribution in [2.75, 3.05) is 11.1 Å². The Kier molecular flexibility index (Phi) is 4.53. The minimum absolute atomic E-state index is 0.670. The standard InChI is InChI=1S/C16H16N4S/c1-3-7-13(8-4-1)11-12-21-16-18-15(19-20-16)17-14-9-5-2-6-10-14/h1-10H,11-12H2,(H2,17,18,19,20). The first kappa shape index (κ1) is 13.7. The van der Waals surface area contributed by atoms with Crippen LogP contribution >= 0.6 is 11.8 Å². The number of thioether (sulfide) groups is 1. The number of benzene rings is 2. The number of aromatic nitrogens is 3. The predicted molar refractivity (Wildman–Crippen MR) is 87.0 cm³/mol. The summed E-state index contributed by atoms with van der Waals surface area (Å²) in [5.41, 5.74) is 2.33. The first-order chi connectivity index (χ1) is 10.4. The molecule has 106 valence electrons. The molecule has 3 aromatic rings. The fourth-order valence-corrected chi connectivity index (χ4v) is 2.72. The summed E-state index contributed by atoms with van der Waals surface area (Å²) >= 11 is 1.65. The topological polar surface area (TPSA) is 53.6 Å². The van der Waals surface area contributed by atoms with Gasteiger partial charge in [-0.2, -0.15) is 4.98 Å². The summed E-state index contributed by atoms with van der Waals surface area (Å²) in [5, 5.41) is 11.1. The van der Waals surface area contributed by atoms with Gasteiger partial charge in [-0.3, -0.25) is 0 Å². The largest absolute Gasteiger partial charge is 0.325 e. The second-order valence-electron chi connectivity index (χ2n) is 4.54. The van der Waals surface area contributed by atoms with Crippen LogP contribution in [0.2, 0.25) is 0 Å². The number of anilines is 2. The second-order valence-corrected chi connectivity index (χ2v) is 5.60. The van der Waals surface area contributed by atoms with Crippen molar-refractivity contribution in [1.29, 1.82) is 0 Å². The Balaban J connectivity index is 1.51. The van der Waals surface area contributed by atoms with Gasteiger partial charge in [0.2, 0.25) is 11.1 Å². The van der Waals surface area contributed by atoms with Gasteiger partial charge in [0.15, 0.2) is 0 Å². The van der Waals surface area contributed by atoms with E-state index >= 15 is 0 Å². The third-order valence-electron chi connectivity index (χ3n) is 2.97. The van der Waals surface area contributed by atoms with E-state index in [4.69, 9.17) is 0 Å². The van der Waals surface area contributed by atoms with Crippen LogP contribution in [-0.2, 0) is 6.42 Å². The Labute approximate surface area is 128 Å². The average Bonchev–Trinajstić information content (AvgIpc) is 2.97. The zero-order valence-electron chi connectivity index (χ0n) is 11.5. The summed E-state index contributed by atoms with van der Waals surface area (Å²) in [6, 6.07) is 20.4. The lowest BCUT2D eigenvalue weighted by molar-refractivity contribution is 0.970. The molecule has 0 saturated carbocycles. The Hall–Kier alpha value is -2.27. The van der Waals surface area contributed by atoms with Crippen LogP contribution in [0.4, 0.5) is 11.6 Å². The minimum atomic E-state index is 0.670. The Morgan fingerprint density at radius 1 is 0.952 bits per heavy atom. The van der Waals surface area contributed by atoms with Crippen LogP contribution in [0.5, 0.6) is 0 Å². The average molecular weight is 296 g/mol. The molecule has 0 spiro atoms. The molecule has 5 heteroatoms. The van der Waals surface area contributed by atoms with E-state index in [9.17, 15) is 0 Å². The molecule has 3 rings (SSSR count). The lowest BCUT2D eigenvalue weighted by Gasteiger charge is -2.00. The van der Waals surface area contributed by atoms with Gasteiger partial charge in [-0.25, -0.2) is 5.10 Å².